The average Bonchev–Trinajstić information content (AvgIpc) is 3.29. The van der Waals surface area contributed by atoms with Gasteiger partial charge in [0.05, 0.1) is 17.4 Å². The maximum Gasteiger partial charge on any atom is 0.410 e. The lowest BCUT2D eigenvalue weighted by molar-refractivity contribution is 0.0127. The summed E-state index contributed by atoms with van der Waals surface area (Å²) < 4.78 is 21.4. The topological polar surface area (TPSA) is 73.4 Å². The molecule has 1 fully saturated rings. The van der Waals surface area contributed by atoms with Crippen molar-refractivity contribution in [1.82, 2.24) is 14.7 Å². The van der Waals surface area contributed by atoms with Gasteiger partial charge in [0.15, 0.2) is 0 Å². The zero-order valence-corrected chi connectivity index (χ0v) is 18.0. The fourth-order valence-electron chi connectivity index (χ4n) is 4.27. The molecular weight excluding hydrogens is 371 g/mol. The molecular formula is C22H29FN4O2. The van der Waals surface area contributed by atoms with Gasteiger partial charge in [-0.1, -0.05) is 0 Å². The van der Waals surface area contributed by atoms with Crippen LogP contribution >= 0.6 is 0 Å². The molecule has 1 spiro atoms. The number of hydrogen-bond donors (Lipinski definition) is 1. The van der Waals surface area contributed by atoms with Crippen LogP contribution in [0.15, 0.2) is 12.1 Å². The molecule has 4 rings (SSSR count). The Labute approximate surface area is 170 Å². The van der Waals surface area contributed by atoms with Crippen LogP contribution < -0.4 is 5.73 Å². The van der Waals surface area contributed by atoms with Gasteiger partial charge >= 0.3 is 6.09 Å². The van der Waals surface area contributed by atoms with Crippen molar-refractivity contribution < 1.29 is 13.9 Å². The minimum absolute atomic E-state index is 0.164. The molecule has 7 heteroatoms. The molecule has 1 amide bonds. The van der Waals surface area contributed by atoms with Crippen molar-refractivity contribution in [2.45, 2.75) is 71.4 Å². The molecule has 2 N–H and O–H groups in total. The second-order valence-electron chi connectivity index (χ2n) is 9.52. The first-order valence-corrected chi connectivity index (χ1v) is 10.1. The highest BCUT2D eigenvalue weighted by atomic mass is 19.1. The average molecular weight is 400 g/mol. The summed E-state index contributed by atoms with van der Waals surface area (Å²) >= 11 is 0. The fourth-order valence-corrected chi connectivity index (χ4v) is 4.27. The Morgan fingerprint density at radius 2 is 1.86 bits per heavy atom. The van der Waals surface area contributed by atoms with Crippen LogP contribution in [0.2, 0.25) is 0 Å². The van der Waals surface area contributed by atoms with Gasteiger partial charge in [-0.25, -0.2) is 13.9 Å². The van der Waals surface area contributed by atoms with Crippen molar-refractivity contribution in [3.63, 3.8) is 0 Å². The Hall–Kier alpha value is -2.57. The standard InChI is InChI=1S/C22H29FN4O2/c1-12-9-15(10-13(2)17(12)23)27-19(24)16-14(3)26(20(28)29-21(4,5)6)11-22(7-8-22)18(16)25-27/h9-10,14H,7-8,11,24H2,1-6H3/t14-/m1/s1. The molecule has 1 atom stereocenters. The molecule has 1 aliphatic heterocycles. The van der Waals surface area contributed by atoms with Crippen molar-refractivity contribution in [3.05, 3.63) is 40.3 Å². The number of nitrogen functional groups attached to an aromatic ring is 1. The third-order valence-corrected chi connectivity index (χ3v) is 5.97. The summed E-state index contributed by atoms with van der Waals surface area (Å²) in [5.41, 5.74) is 9.50. The number of aryl methyl sites for hydroxylation is 2. The summed E-state index contributed by atoms with van der Waals surface area (Å²) in [6.07, 6.45) is 1.59. The summed E-state index contributed by atoms with van der Waals surface area (Å²) in [5, 5.41) is 4.86. The number of carbonyl (C=O) groups is 1. The molecule has 29 heavy (non-hydrogen) atoms. The second kappa shape index (κ2) is 6.21. The van der Waals surface area contributed by atoms with E-state index in [1.807, 2.05) is 27.7 Å². The quantitative estimate of drug-likeness (QED) is 0.762. The molecule has 1 aliphatic carbocycles. The molecule has 1 aromatic heterocycles. The SMILES string of the molecule is Cc1cc(-n2nc3c(c2N)[C@@H](C)N(C(=O)OC(C)(C)C)CC32CC2)cc(C)c1F. The third kappa shape index (κ3) is 3.16. The first-order chi connectivity index (χ1) is 13.4. The van der Waals surface area contributed by atoms with E-state index < -0.39 is 5.60 Å². The lowest BCUT2D eigenvalue weighted by Crippen LogP contribution is -2.46. The molecule has 0 unspecified atom stereocenters. The number of anilines is 1. The number of fused-ring (bicyclic) bond motifs is 2. The Bertz CT molecular complexity index is 978. The van der Waals surface area contributed by atoms with E-state index in [2.05, 4.69) is 0 Å². The van der Waals surface area contributed by atoms with Gasteiger partial charge in [-0.05, 0) is 77.6 Å². The Morgan fingerprint density at radius 1 is 1.28 bits per heavy atom. The van der Waals surface area contributed by atoms with Gasteiger partial charge in [0.2, 0.25) is 0 Å². The zero-order chi connectivity index (χ0) is 21.3. The van der Waals surface area contributed by atoms with Crippen LogP contribution in [0, 0.1) is 19.7 Å². The van der Waals surface area contributed by atoms with E-state index in [1.165, 1.54) is 0 Å². The zero-order valence-electron chi connectivity index (χ0n) is 18.0. The number of amides is 1. The molecule has 1 saturated carbocycles. The fraction of sp³-hybridized carbons (Fsp3) is 0.545. The molecule has 2 heterocycles. The maximum atomic E-state index is 14.1. The smallest absolute Gasteiger partial charge is 0.410 e. The van der Waals surface area contributed by atoms with Crippen LogP contribution in [0.1, 0.15) is 69.0 Å². The van der Waals surface area contributed by atoms with Gasteiger partial charge in [-0.2, -0.15) is 5.10 Å². The van der Waals surface area contributed by atoms with Crippen LogP contribution in [0.5, 0.6) is 0 Å². The van der Waals surface area contributed by atoms with E-state index in [1.54, 1.807) is 35.6 Å². The highest BCUT2D eigenvalue weighted by Crippen LogP contribution is 2.55. The normalized spacial score (nSPS) is 20.0. The number of aromatic nitrogens is 2. The van der Waals surface area contributed by atoms with Gasteiger partial charge in [0.25, 0.3) is 0 Å². The Balaban J connectivity index is 1.79. The van der Waals surface area contributed by atoms with E-state index in [-0.39, 0.29) is 23.4 Å². The number of nitrogens with two attached hydrogens (primary N) is 1. The number of halogens is 1. The molecule has 1 aromatic carbocycles. The van der Waals surface area contributed by atoms with Crippen LogP contribution in [-0.2, 0) is 10.2 Å². The van der Waals surface area contributed by atoms with Gasteiger partial charge in [0.1, 0.15) is 17.2 Å². The minimum atomic E-state index is -0.563. The third-order valence-electron chi connectivity index (χ3n) is 5.97. The lowest BCUT2D eigenvalue weighted by Gasteiger charge is -2.38. The van der Waals surface area contributed by atoms with E-state index in [0.29, 0.717) is 23.5 Å². The minimum Gasteiger partial charge on any atom is -0.444 e. The van der Waals surface area contributed by atoms with Crippen LogP contribution in [0.3, 0.4) is 0 Å². The van der Waals surface area contributed by atoms with Gasteiger partial charge in [0, 0.05) is 17.5 Å². The summed E-state index contributed by atoms with van der Waals surface area (Å²) in [7, 11) is 0. The van der Waals surface area contributed by atoms with Gasteiger partial charge in [-0.3, -0.25) is 0 Å². The van der Waals surface area contributed by atoms with Crippen LogP contribution in [-0.4, -0.2) is 32.9 Å². The number of ether oxygens (including phenoxy) is 1. The number of rotatable bonds is 1. The Morgan fingerprint density at radius 3 is 2.38 bits per heavy atom. The van der Waals surface area contributed by atoms with Crippen molar-refractivity contribution in [2.75, 3.05) is 12.3 Å². The first kappa shape index (κ1) is 19.7. The number of nitrogens with zero attached hydrogens (tertiary/aromatic N) is 3. The second-order valence-corrected chi connectivity index (χ2v) is 9.52. The molecule has 2 aromatic rings. The summed E-state index contributed by atoms with van der Waals surface area (Å²) in [4.78, 5) is 14.6. The van der Waals surface area contributed by atoms with Gasteiger partial charge < -0.3 is 15.4 Å². The number of benzene rings is 1. The molecule has 0 saturated heterocycles. The summed E-state index contributed by atoms with van der Waals surface area (Å²) in [6, 6.07) is 3.27. The van der Waals surface area contributed by atoms with Crippen LogP contribution in [0.4, 0.5) is 15.0 Å². The van der Waals surface area contributed by atoms with E-state index in [0.717, 1.165) is 29.8 Å². The predicted octanol–water partition coefficient (Wildman–Crippen LogP) is 4.55. The predicted molar refractivity (Wildman–Crippen MR) is 110 cm³/mol. The molecule has 0 bridgehead atoms. The lowest BCUT2D eigenvalue weighted by atomic mass is 9.89. The largest absolute Gasteiger partial charge is 0.444 e. The van der Waals surface area contributed by atoms with Crippen molar-refractivity contribution >= 4 is 11.9 Å². The van der Waals surface area contributed by atoms with Crippen molar-refractivity contribution in [2.24, 2.45) is 0 Å². The highest BCUT2D eigenvalue weighted by molar-refractivity contribution is 5.71. The van der Waals surface area contributed by atoms with Crippen LogP contribution in [0.25, 0.3) is 5.69 Å². The van der Waals surface area contributed by atoms with Gasteiger partial charge in [-0.15, -0.1) is 0 Å². The van der Waals surface area contributed by atoms with E-state index in [4.69, 9.17) is 15.6 Å². The number of hydrogen-bond acceptors (Lipinski definition) is 4. The molecule has 2 aliphatic rings. The number of carbonyl (C=O) groups excluding carboxylic acids is 1. The molecule has 156 valence electrons. The monoisotopic (exact) mass is 400 g/mol. The van der Waals surface area contributed by atoms with Crippen molar-refractivity contribution in [3.8, 4) is 5.69 Å². The highest BCUT2D eigenvalue weighted by Gasteiger charge is 2.55. The maximum absolute atomic E-state index is 14.1. The van der Waals surface area contributed by atoms with E-state index in [9.17, 15) is 9.18 Å². The molecule has 6 nitrogen and oxygen atoms in total. The molecule has 0 radical (unpaired) electrons. The first-order valence-electron chi connectivity index (χ1n) is 10.1. The Kier molecular flexibility index (Phi) is 4.23. The summed E-state index contributed by atoms with van der Waals surface area (Å²) in [5.74, 6) is 0.282. The van der Waals surface area contributed by atoms with E-state index >= 15 is 0 Å². The van der Waals surface area contributed by atoms with Crippen molar-refractivity contribution in [1.29, 1.82) is 0 Å². The summed E-state index contributed by atoms with van der Waals surface area (Å²) in [6.45, 7) is 11.6.